The van der Waals surface area contributed by atoms with Crippen molar-refractivity contribution < 1.29 is 19.3 Å². The maximum absolute atomic E-state index is 12.0. The van der Waals surface area contributed by atoms with E-state index in [4.69, 9.17) is 12.2 Å². The molecule has 0 heterocycles. The number of nitrogens with zero attached hydrogens (tertiary/aromatic N) is 1. The first kappa shape index (κ1) is 21.2. The molecule has 0 unspecified atom stereocenters. The summed E-state index contributed by atoms with van der Waals surface area (Å²) in [5.41, 5.74) is 4.42. The molecule has 0 spiro atoms. The highest BCUT2D eigenvalue weighted by Gasteiger charge is 2.21. The molecule has 28 heavy (non-hydrogen) atoms. The Labute approximate surface area is 166 Å². The standard InChI is InChI=1S/C17H21N5O5S/c23-14(10-18-15(24)11-5-2-1-3-6-11)20-21-17(28)19-16(25)12-7-4-8-13(9-12)22(26)27/h4,7-9,11H,1-3,5-6,10H2,(H,18,24)(H,20,23)(H2,19,21,25,28). The number of benzene rings is 1. The topological polar surface area (TPSA) is 142 Å². The molecule has 0 saturated heterocycles. The van der Waals surface area contributed by atoms with Gasteiger partial charge in [0.2, 0.25) is 5.91 Å². The minimum atomic E-state index is -0.666. The average molecular weight is 407 g/mol. The van der Waals surface area contributed by atoms with Crippen molar-refractivity contribution in [2.75, 3.05) is 6.54 Å². The maximum Gasteiger partial charge on any atom is 0.270 e. The van der Waals surface area contributed by atoms with Crippen LogP contribution >= 0.6 is 12.2 Å². The van der Waals surface area contributed by atoms with E-state index >= 15 is 0 Å². The van der Waals surface area contributed by atoms with Gasteiger partial charge in [0.05, 0.1) is 11.5 Å². The minimum absolute atomic E-state index is 0.0458. The summed E-state index contributed by atoms with van der Waals surface area (Å²) in [7, 11) is 0. The van der Waals surface area contributed by atoms with E-state index in [-0.39, 0.29) is 34.7 Å². The minimum Gasteiger partial charge on any atom is -0.347 e. The third-order valence-corrected chi connectivity index (χ3v) is 4.46. The first-order chi connectivity index (χ1) is 13.4. The summed E-state index contributed by atoms with van der Waals surface area (Å²) in [4.78, 5) is 45.9. The molecule has 1 saturated carbocycles. The molecule has 2 rings (SSSR count). The zero-order valence-corrected chi connectivity index (χ0v) is 15.8. The summed E-state index contributed by atoms with van der Waals surface area (Å²) in [6.45, 7) is -0.218. The number of hydrogen-bond donors (Lipinski definition) is 4. The first-order valence-corrected chi connectivity index (χ1v) is 9.20. The van der Waals surface area contributed by atoms with Crippen LogP contribution in [-0.2, 0) is 9.59 Å². The van der Waals surface area contributed by atoms with E-state index in [1.807, 2.05) is 0 Å². The fourth-order valence-corrected chi connectivity index (χ4v) is 2.96. The van der Waals surface area contributed by atoms with Crippen LogP contribution in [0.2, 0.25) is 0 Å². The number of rotatable bonds is 5. The number of hydrazine groups is 1. The highest BCUT2D eigenvalue weighted by atomic mass is 32.1. The number of amides is 3. The van der Waals surface area contributed by atoms with Crippen molar-refractivity contribution in [3.05, 3.63) is 39.9 Å². The van der Waals surface area contributed by atoms with Gasteiger partial charge >= 0.3 is 0 Å². The molecule has 0 radical (unpaired) electrons. The second-order valence-electron chi connectivity index (χ2n) is 6.32. The summed E-state index contributed by atoms with van der Waals surface area (Å²) in [6.07, 6.45) is 4.83. The Kier molecular flexibility index (Phi) is 7.81. The number of carbonyl (C=O) groups is 3. The Bertz CT molecular complexity index is 779. The molecular weight excluding hydrogens is 386 g/mol. The molecular formula is C17H21N5O5S. The predicted molar refractivity (Wildman–Crippen MR) is 104 cm³/mol. The molecule has 150 valence electrons. The fraction of sp³-hybridized carbons (Fsp3) is 0.412. The van der Waals surface area contributed by atoms with Crippen LogP contribution in [0.1, 0.15) is 42.5 Å². The van der Waals surface area contributed by atoms with Crippen molar-refractivity contribution in [3.63, 3.8) is 0 Å². The highest BCUT2D eigenvalue weighted by molar-refractivity contribution is 7.80. The van der Waals surface area contributed by atoms with E-state index in [0.717, 1.165) is 38.2 Å². The number of nitro groups is 1. The quantitative estimate of drug-likeness (QED) is 0.323. The third-order valence-electron chi connectivity index (χ3n) is 4.26. The molecule has 0 aromatic heterocycles. The smallest absolute Gasteiger partial charge is 0.270 e. The van der Waals surface area contributed by atoms with Crippen LogP contribution in [0.25, 0.3) is 0 Å². The normalized spacial score (nSPS) is 13.9. The van der Waals surface area contributed by atoms with Crippen LogP contribution < -0.4 is 21.5 Å². The number of carbonyl (C=O) groups excluding carboxylic acids is 3. The van der Waals surface area contributed by atoms with Gasteiger partial charge in [-0.25, -0.2) is 0 Å². The summed E-state index contributed by atoms with van der Waals surface area (Å²) in [6, 6.07) is 5.14. The van der Waals surface area contributed by atoms with Crippen LogP contribution in [0.3, 0.4) is 0 Å². The average Bonchev–Trinajstić information content (AvgIpc) is 2.71. The number of non-ortho nitro benzene ring substituents is 1. The highest BCUT2D eigenvalue weighted by Crippen LogP contribution is 2.23. The lowest BCUT2D eigenvalue weighted by Crippen LogP contribution is -2.51. The SMILES string of the molecule is O=C(CNC(=O)C1CCCCC1)NNC(=S)NC(=O)c1cccc([N+](=O)[O-])c1. The lowest BCUT2D eigenvalue weighted by atomic mass is 9.89. The number of nitro benzene ring substituents is 1. The second kappa shape index (κ2) is 10.3. The van der Waals surface area contributed by atoms with Crippen molar-refractivity contribution in [2.45, 2.75) is 32.1 Å². The van der Waals surface area contributed by atoms with Gasteiger partial charge < -0.3 is 5.32 Å². The Morgan fingerprint density at radius 1 is 1.14 bits per heavy atom. The molecule has 1 aromatic carbocycles. The van der Waals surface area contributed by atoms with E-state index in [9.17, 15) is 24.5 Å². The van der Waals surface area contributed by atoms with Gasteiger partial charge in [-0.1, -0.05) is 25.3 Å². The maximum atomic E-state index is 12.0. The number of thiocarbonyl (C=S) groups is 1. The Morgan fingerprint density at radius 2 is 1.86 bits per heavy atom. The van der Waals surface area contributed by atoms with Gasteiger partial charge in [-0.2, -0.15) is 0 Å². The van der Waals surface area contributed by atoms with Crippen molar-refractivity contribution in [1.29, 1.82) is 0 Å². The van der Waals surface area contributed by atoms with Gasteiger partial charge in [0, 0.05) is 23.6 Å². The second-order valence-corrected chi connectivity index (χ2v) is 6.72. The van der Waals surface area contributed by atoms with E-state index in [1.165, 1.54) is 18.2 Å². The van der Waals surface area contributed by atoms with Crippen molar-refractivity contribution in [1.82, 2.24) is 21.5 Å². The first-order valence-electron chi connectivity index (χ1n) is 8.79. The van der Waals surface area contributed by atoms with Gasteiger partial charge in [-0.15, -0.1) is 0 Å². The molecule has 1 aromatic rings. The van der Waals surface area contributed by atoms with E-state index in [2.05, 4.69) is 21.5 Å². The predicted octanol–water partition coefficient (Wildman–Crippen LogP) is 0.927. The molecule has 3 amide bonds. The molecule has 1 fully saturated rings. The van der Waals surface area contributed by atoms with E-state index < -0.39 is 16.7 Å². The van der Waals surface area contributed by atoms with Crippen molar-refractivity contribution in [2.24, 2.45) is 5.92 Å². The van der Waals surface area contributed by atoms with Gasteiger partial charge in [0.25, 0.3) is 17.5 Å². The van der Waals surface area contributed by atoms with E-state index in [0.29, 0.717) is 0 Å². The Balaban J connectivity index is 1.71. The largest absolute Gasteiger partial charge is 0.347 e. The lowest BCUT2D eigenvalue weighted by Gasteiger charge is -2.20. The van der Waals surface area contributed by atoms with Crippen molar-refractivity contribution in [3.8, 4) is 0 Å². The van der Waals surface area contributed by atoms with Gasteiger partial charge in [-0.05, 0) is 31.1 Å². The summed E-state index contributed by atoms with van der Waals surface area (Å²) in [5.74, 6) is -1.39. The molecule has 0 aliphatic heterocycles. The molecule has 1 aliphatic carbocycles. The van der Waals surface area contributed by atoms with Gasteiger partial charge in [0.15, 0.2) is 5.11 Å². The summed E-state index contributed by atoms with van der Waals surface area (Å²) >= 11 is 4.89. The molecule has 10 nitrogen and oxygen atoms in total. The van der Waals surface area contributed by atoms with Crippen LogP contribution in [0.15, 0.2) is 24.3 Å². The van der Waals surface area contributed by atoms with Crippen LogP contribution in [-0.4, -0.2) is 34.3 Å². The number of nitrogens with one attached hydrogen (secondary N) is 4. The molecule has 11 heteroatoms. The third kappa shape index (κ3) is 6.58. The summed E-state index contributed by atoms with van der Waals surface area (Å²) in [5, 5.41) is 15.4. The number of hydrogen-bond acceptors (Lipinski definition) is 6. The van der Waals surface area contributed by atoms with Crippen LogP contribution in [0.4, 0.5) is 5.69 Å². The summed E-state index contributed by atoms with van der Waals surface area (Å²) < 4.78 is 0. The van der Waals surface area contributed by atoms with Crippen LogP contribution in [0.5, 0.6) is 0 Å². The molecule has 0 atom stereocenters. The Morgan fingerprint density at radius 3 is 2.54 bits per heavy atom. The molecule has 4 N–H and O–H groups in total. The van der Waals surface area contributed by atoms with Gasteiger partial charge in [-0.3, -0.25) is 40.7 Å². The lowest BCUT2D eigenvalue weighted by molar-refractivity contribution is -0.384. The Hall–Kier alpha value is -3.08. The molecule has 1 aliphatic rings. The monoisotopic (exact) mass is 407 g/mol. The van der Waals surface area contributed by atoms with E-state index in [1.54, 1.807) is 0 Å². The fourth-order valence-electron chi connectivity index (χ4n) is 2.81. The zero-order chi connectivity index (χ0) is 20.5. The van der Waals surface area contributed by atoms with Gasteiger partial charge in [0.1, 0.15) is 0 Å². The van der Waals surface area contributed by atoms with Crippen LogP contribution in [0, 0.1) is 16.0 Å². The molecule has 0 bridgehead atoms. The van der Waals surface area contributed by atoms with Crippen molar-refractivity contribution >= 4 is 40.7 Å². The zero-order valence-electron chi connectivity index (χ0n) is 15.0.